The molecule has 0 aliphatic heterocycles. The van der Waals surface area contributed by atoms with E-state index >= 15 is 0 Å². The summed E-state index contributed by atoms with van der Waals surface area (Å²) >= 11 is 0. The first-order valence-electron chi connectivity index (χ1n) is 10.9. The predicted octanol–water partition coefficient (Wildman–Crippen LogP) is 3.97. The third-order valence-corrected chi connectivity index (χ3v) is 7.34. The second-order valence-corrected chi connectivity index (χ2v) is 9.81. The van der Waals surface area contributed by atoms with Crippen LogP contribution < -0.4 is 19.2 Å². The van der Waals surface area contributed by atoms with Gasteiger partial charge in [-0.3, -0.25) is 9.10 Å². The summed E-state index contributed by atoms with van der Waals surface area (Å²) in [7, 11) is -0.952. The van der Waals surface area contributed by atoms with E-state index < -0.39 is 22.5 Å². The van der Waals surface area contributed by atoms with Crippen LogP contribution in [0.25, 0.3) is 0 Å². The molecule has 8 nitrogen and oxygen atoms in total. The molecule has 0 aliphatic carbocycles. The first kappa shape index (κ1) is 25.8. The van der Waals surface area contributed by atoms with Gasteiger partial charge in [0.15, 0.2) is 0 Å². The molecule has 0 saturated heterocycles. The van der Waals surface area contributed by atoms with Crippen molar-refractivity contribution in [3.63, 3.8) is 0 Å². The van der Waals surface area contributed by atoms with E-state index in [2.05, 4.69) is 10.5 Å². The van der Waals surface area contributed by atoms with E-state index in [9.17, 15) is 13.2 Å². The summed E-state index contributed by atoms with van der Waals surface area (Å²) in [6.07, 6.45) is 1.41. The molecule has 3 aromatic rings. The summed E-state index contributed by atoms with van der Waals surface area (Å²) in [5, 5.41) is 4.00. The second-order valence-electron chi connectivity index (χ2n) is 7.94. The maximum atomic E-state index is 13.6. The number of anilines is 1. The molecule has 1 N–H and O–H groups in total. The van der Waals surface area contributed by atoms with Crippen molar-refractivity contribution in [2.45, 2.75) is 25.7 Å². The molecule has 9 heteroatoms. The number of rotatable bonds is 9. The Labute approximate surface area is 206 Å². The van der Waals surface area contributed by atoms with Gasteiger partial charge in [0.1, 0.15) is 18.0 Å². The third-order valence-electron chi connectivity index (χ3n) is 5.57. The molecule has 1 amide bonds. The molecule has 3 rings (SSSR count). The molecular formula is C26H29N3O5S. The van der Waals surface area contributed by atoms with Crippen molar-refractivity contribution in [3.05, 3.63) is 82.9 Å². The first-order valence-corrected chi connectivity index (χ1v) is 12.3. The van der Waals surface area contributed by atoms with Crippen LogP contribution in [0.3, 0.4) is 0 Å². The summed E-state index contributed by atoms with van der Waals surface area (Å²) < 4.78 is 38.8. The third kappa shape index (κ3) is 5.99. The Morgan fingerprint density at radius 1 is 1.00 bits per heavy atom. The van der Waals surface area contributed by atoms with Crippen LogP contribution in [0, 0.1) is 20.8 Å². The van der Waals surface area contributed by atoms with Crippen molar-refractivity contribution in [1.29, 1.82) is 0 Å². The van der Waals surface area contributed by atoms with E-state index in [1.807, 2.05) is 26.8 Å². The highest BCUT2D eigenvalue weighted by Gasteiger charge is 2.28. The number of amides is 1. The van der Waals surface area contributed by atoms with Gasteiger partial charge in [0.05, 0.1) is 31.0 Å². The lowest BCUT2D eigenvalue weighted by Gasteiger charge is -2.26. The molecular weight excluding hydrogens is 466 g/mol. The summed E-state index contributed by atoms with van der Waals surface area (Å²) in [5.74, 6) is 0.548. The van der Waals surface area contributed by atoms with Crippen LogP contribution in [0.4, 0.5) is 5.69 Å². The van der Waals surface area contributed by atoms with E-state index in [0.29, 0.717) is 22.7 Å². The Morgan fingerprint density at radius 2 is 1.71 bits per heavy atom. The molecule has 184 valence electrons. The Balaban J connectivity index is 1.90. The fourth-order valence-corrected chi connectivity index (χ4v) is 4.90. The molecule has 0 radical (unpaired) electrons. The number of aryl methyl sites for hydroxylation is 2. The number of carbonyl (C=O) groups excluding carboxylic acids is 1. The van der Waals surface area contributed by atoms with Crippen LogP contribution in [0.15, 0.2) is 70.7 Å². The normalized spacial score (nSPS) is 11.3. The quantitative estimate of drug-likeness (QED) is 0.358. The van der Waals surface area contributed by atoms with Crippen LogP contribution in [0.2, 0.25) is 0 Å². The molecule has 0 bridgehead atoms. The second kappa shape index (κ2) is 11.1. The number of carbonyl (C=O) groups is 1. The number of nitrogens with zero attached hydrogens (tertiary/aromatic N) is 2. The standard InChI is InChI=1S/C26H29N3O5S/c1-18-9-12-23(13-10-18)35(31,32)29(24-8-6-7-19(2)20(24)3)17-26(30)28-27-16-21-15-22(33-4)11-14-25(21)34-5/h6-16H,17H2,1-5H3,(H,28,30)/b27-16-. The minimum Gasteiger partial charge on any atom is -0.497 e. The zero-order valence-corrected chi connectivity index (χ0v) is 21.2. The van der Waals surface area contributed by atoms with Gasteiger partial charge in [-0.15, -0.1) is 0 Å². The topological polar surface area (TPSA) is 97.3 Å². The Bertz CT molecular complexity index is 1340. The molecule has 0 aliphatic rings. The number of nitrogens with one attached hydrogen (secondary N) is 1. The number of ether oxygens (including phenoxy) is 2. The Morgan fingerprint density at radius 3 is 2.37 bits per heavy atom. The summed E-state index contributed by atoms with van der Waals surface area (Å²) in [4.78, 5) is 12.9. The van der Waals surface area contributed by atoms with Crippen LogP contribution in [0.5, 0.6) is 11.5 Å². The fraction of sp³-hybridized carbons (Fsp3) is 0.231. The van der Waals surface area contributed by atoms with Crippen molar-refractivity contribution in [2.24, 2.45) is 5.10 Å². The minimum atomic E-state index is -4.02. The van der Waals surface area contributed by atoms with Crippen molar-refractivity contribution in [3.8, 4) is 11.5 Å². The van der Waals surface area contributed by atoms with Gasteiger partial charge >= 0.3 is 0 Å². The lowest BCUT2D eigenvalue weighted by Crippen LogP contribution is -2.40. The number of sulfonamides is 1. The average molecular weight is 496 g/mol. The molecule has 0 spiro atoms. The molecule has 35 heavy (non-hydrogen) atoms. The highest BCUT2D eigenvalue weighted by Crippen LogP contribution is 2.28. The predicted molar refractivity (Wildman–Crippen MR) is 137 cm³/mol. The van der Waals surface area contributed by atoms with Crippen LogP contribution >= 0.6 is 0 Å². The zero-order chi connectivity index (χ0) is 25.6. The van der Waals surface area contributed by atoms with Crippen LogP contribution in [0.1, 0.15) is 22.3 Å². The van der Waals surface area contributed by atoms with Crippen LogP contribution in [-0.4, -0.2) is 41.3 Å². The SMILES string of the molecule is COc1ccc(OC)c(/C=N\NC(=O)CN(c2cccc(C)c2C)S(=O)(=O)c2ccc(C)cc2)c1. The zero-order valence-electron chi connectivity index (χ0n) is 20.4. The van der Waals surface area contributed by atoms with E-state index in [0.717, 1.165) is 21.0 Å². The van der Waals surface area contributed by atoms with Gasteiger partial charge in [0.25, 0.3) is 15.9 Å². The van der Waals surface area contributed by atoms with Gasteiger partial charge in [-0.2, -0.15) is 5.10 Å². The summed E-state index contributed by atoms with van der Waals surface area (Å²) in [6.45, 7) is 5.14. The van der Waals surface area contributed by atoms with Crippen molar-refractivity contribution in [1.82, 2.24) is 5.43 Å². The molecule has 0 aromatic heterocycles. The monoisotopic (exact) mass is 495 g/mol. The molecule has 0 heterocycles. The highest BCUT2D eigenvalue weighted by atomic mass is 32.2. The maximum absolute atomic E-state index is 13.6. The largest absolute Gasteiger partial charge is 0.497 e. The number of methoxy groups -OCH3 is 2. The highest BCUT2D eigenvalue weighted by molar-refractivity contribution is 7.92. The van der Waals surface area contributed by atoms with Gasteiger partial charge in [-0.1, -0.05) is 29.8 Å². The molecule has 0 fully saturated rings. The maximum Gasteiger partial charge on any atom is 0.264 e. The van der Waals surface area contributed by atoms with Gasteiger partial charge in [-0.25, -0.2) is 13.8 Å². The van der Waals surface area contributed by atoms with Gasteiger partial charge < -0.3 is 9.47 Å². The number of hydrogen-bond donors (Lipinski definition) is 1. The van der Waals surface area contributed by atoms with E-state index in [-0.39, 0.29) is 4.90 Å². The summed E-state index contributed by atoms with van der Waals surface area (Å²) in [5.41, 5.74) is 6.04. The van der Waals surface area contributed by atoms with E-state index in [4.69, 9.17) is 9.47 Å². The number of hydrazone groups is 1. The summed E-state index contributed by atoms with van der Waals surface area (Å²) in [6, 6.07) is 17.0. The smallest absolute Gasteiger partial charge is 0.264 e. The van der Waals surface area contributed by atoms with Crippen molar-refractivity contribution < 1.29 is 22.7 Å². The van der Waals surface area contributed by atoms with Crippen LogP contribution in [-0.2, 0) is 14.8 Å². The van der Waals surface area contributed by atoms with Gasteiger partial charge in [-0.05, 0) is 68.3 Å². The lowest BCUT2D eigenvalue weighted by molar-refractivity contribution is -0.119. The number of benzene rings is 3. The van der Waals surface area contributed by atoms with E-state index in [1.165, 1.54) is 25.5 Å². The minimum absolute atomic E-state index is 0.0985. The van der Waals surface area contributed by atoms with Gasteiger partial charge in [0, 0.05) is 5.56 Å². The van der Waals surface area contributed by atoms with Crippen molar-refractivity contribution in [2.75, 3.05) is 25.1 Å². The molecule has 3 aromatic carbocycles. The molecule has 0 unspecified atom stereocenters. The fourth-order valence-electron chi connectivity index (χ4n) is 3.42. The lowest BCUT2D eigenvalue weighted by atomic mass is 10.1. The Kier molecular flexibility index (Phi) is 8.14. The first-order chi connectivity index (χ1) is 16.7. The molecule has 0 atom stereocenters. The number of hydrogen-bond acceptors (Lipinski definition) is 6. The Hall–Kier alpha value is -3.85. The van der Waals surface area contributed by atoms with Crippen molar-refractivity contribution >= 4 is 27.8 Å². The average Bonchev–Trinajstić information content (AvgIpc) is 2.84. The van der Waals surface area contributed by atoms with E-state index in [1.54, 1.807) is 49.6 Å². The van der Waals surface area contributed by atoms with Gasteiger partial charge in [0.2, 0.25) is 0 Å². The molecule has 0 saturated carbocycles.